The number of halogens is 2. The van der Waals surface area contributed by atoms with E-state index in [1.54, 1.807) is 12.1 Å². The summed E-state index contributed by atoms with van der Waals surface area (Å²) in [5, 5.41) is 4.64. The summed E-state index contributed by atoms with van der Waals surface area (Å²) in [4.78, 5) is 4.80. The molecule has 0 aliphatic heterocycles. The van der Waals surface area contributed by atoms with Crippen molar-refractivity contribution in [1.29, 1.82) is 0 Å². The second-order valence-corrected chi connectivity index (χ2v) is 6.91. The number of anilines is 1. The Kier molecular flexibility index (Phi) is 4.83. The van der Waals surface area contributed by atoms with Gasteiger partial charge in [0.1, 0.15) is 5.82 Å². The van der Waals surface area contributed by atoms with Crippen LogP contribution in [0, 0.1) is 0 Å². The molecule has 5 heteroatoms. The second kappa shape index (κ2) is 7.40. The van der Waals surface area contributed by atoms with Crippen molar-refractivity contribution in [2.75, 3.05) is 5.32 Å². The lowest BCUT2D eigenvalue weighted by molar-refractivity contribution is 0.756. The summed E-state index contributed by atoms with van der Waals surface area (Å²) in [6, 6.07) is 24.0. The molecule has 0 spiro atoms. The van der Waals surface area contributed by atoms with Crippen molar-refractivity contribution in [2.45, 2.75) is 13.1 Å². The predicted octanol–water partition coefficient (Wildman–Crippen LogP) is 6.00. The molecule has 4 rings (SSSR count). The lowest BCUT2D eigenvalue weighted by Crippen LogP contribution is -2.10. The molecular formula is C21H17Cl2N3. The summed E-state index contributed by atoms with van der Waals surface area (Å²) in [6.07, 6.45) is 0. The van der Waals surface area contributed by atoms with Gasteiger partial charge >= 0.3 is 0 Å². The van der Waals surface area contributed by atoms with Crippen LogP contribution in [0.1, 0.15) is 11.4 Å². The molecule has 0 aliphatic rings. The SMILES string of the molecule is Clc1ccc(Cl)c(NCc2nc3ccccc3n2Cc2ccccc2)c1. The zero-order chi connectivity index (χ0) is 17.9. The zero-order valence-electron chi connectivity index (χ0n) is 14.0. The number of hydrogen-bond acceptors (Lipinski definition) is 2. The second-order valence-electron chi connectivity index (χ2n) is 6.07. The molecule has 0 amide bonds. The highest BCUT2D eigenvalue weighted by atomic mass is 35.5. The fourth-order valence-electron chi connectivity index (χ4n) is 3.01. The number of nitrogens with one attached hydrogen (secondary N) is 1. The van der Waals surface area contributed by atoms with Crippen molar-refractivity contribution in [3.05, 3.63) is 94.2 Å². The number of para-hydroxylation sites is 2. The van der Waals surface area contributed by atoms with Crippen LogP contribution in [0.5, 0.6) is 0 Å². The highest BCUT2D eigenvalue weighted by molar-refractivity contribution is 6.35. The Hall–Kier alpha value is -2.49. The van der Waals surface area contributed by atoms with Crippen molar-refractivity contribution in [3.63, 3.8) is 0 Å². The fraction of sp³-hybridized carbons (Fsp3) is 0.0952. The minimum absolute atomic E-state index is 0.557. The van der Waals surface area contributed by atoms with Gasteiger partial charge in [-0.25, -0.2) is 4.98 Å². The molecule has 0 unspecified atom stereocenters. The fourth-order valence-corrected chi connectivity index (χ4v) is 3.37. The molecule has 1 N–H and O–H groups in total. The van der Waals surface area contributed by atoms with Crippen molar-refractivity contribution in [2.24, 2.45) is 0 Å². The molecule has 1 heterocycles. The van der Waals surface area contributed by atoms with Crippen molar-refractivity contribution in [3.8, 4) is 0 Å². The monoisotopic (exact) mass is 381 g/mol. The minimum atomic E-state index is 0.557. The first-order valence-electron chi connectivity index (χ1n) is 8.38. The largest absolute Gasteiger partial charge is 0.377 e. The van der Waals surface area contributed by atoms with Gasteiger partial charge < -0.3 is 9.88 Å². The van der Waals surface area contributed by atoms with Crippen LogP contribution in [0.15, 0.2) is 72.8 Å². The highest BCUT2D eigenvalue weighted by Crippen LogP contribution is 2.26. The first-order chi connectivity index (χ1) is 12.7. The van der Waals surface area contributed by atoms with E-state index >= 15 is 0 Å². The summed E-state index contributed by atoms with van der Waals surface area (Å²) in [7, 11) is 0. The number of fused-ring (bicyclic) bond motifs is 1. The van der Waals surface area contributed by atoms with Crippen LogP contribution in [-0.4, -0.2) is 9.55 Å². The molecule has 3 aromatic carbocycles. The van der Waals surface area contributed by atoms with Gasteiger partial charge in [-0.3, -0.25) is 0 Å². The van der Waals surface area contributed by atoms with Gasteiger partial charge in [-0.05, 0) is 35.9 Å². The number of aromatic nitrogens is 2. The van der Waals surface area contributed by atoms with Crippen LogP contribution in [0.25, 0.3) is 11.0 Å². The van der Waals surface area contributed by atoms with E-state index in [0.717, 1.165) is 29.1 Å². The molecule has 0 bridgehead atoms. The summed E-state index contributed by atoms with van der Waals surface area (Å²) in [5.74, 6) is 0.950. The molecule has 0 fully saturated rings. The van der Waals surface area contributed by atoms with Crippen LogP contribution < -0.4 is 5.32 Å². The molecule has 26 heavy (non-hydrogen) atoms. The quantitative estimate of drug-likeness (QED) is 0.459. The van der Waals surface area contributed by atoms with Gasteiger partial charge in [0.2, 0.25) is 0 Å². The maximum atomic E-state index is 6.26. The molecule has 130 valence electrons. The number of benzene rings is 3. The maximum Gasteiger partial charge on any atom is 0.129 e. The molecular weight excluding hydrogens is 365 g/mol. The Balaban J connectivity index is 1.67. The molecule has 0 saturated carbocycles. The Labute approximate surface area is 162 Å². The van der Waals surface area contributed by atoms with Crippen molar-refractivity contribution in [1.82, 2.24) is 9.55 Å². The van der Waals surface area contributed by atoms with E-state index in [9.17, 15) is 0 Å². The van der Waals surface area contributed by atoms with E-state index in [-0.39, 0.29) is 0 Å². The Morgan fingerprint density at radius 1 is 0.885 bits per heavy atom. The van der Waals surface area contributed by atoms with E-state index in [1.807, 2.05) is 30.3 Å². The van der Waals surface area contributed by atoms with E-state index in [0.29, 0.717) is 16.6 Å². The van der Waals surface area contributed by atoms with E-state index in [2.05, 4.69) is 40.2 Å². The standard InChI is InChI=1S/C21H17Cl2N3/c22-16-10-11-17(23)19(12-16)24-13-21-25-18-8-4-5-9-20(18)26(21)14-15-6-2-1-3-7-15/h1-12,24H,13-14H2. The van der Waals surface area contributed by atoms with E-state index in [4.69, 9.17) is 28.2 Å². The number of hydrogen-bond donors (Lipinski definition) is 1. The normalized spacial score (nSPS) is 11.0. The average Bonchev–Trinajstić information content (AvgIpc) is 3.01. The van der Waals surface area contributed by atoms with Crippen molar-refractivity contribution < 1.29 is 0 Å². The summed E-state index contributed by atoms with van der Waals surface area (Å²) in [5.41, 5.74) is 4.14. The van der Waals surface area contributed by atoms with E-state index in [1.165, 1.54) is 5.56 Å². The van der Waals surface area contributed by atoms with Gasteiger partial charge in [0, 0.05) is 11.6 Å². The van der Waals surface area contributed by atoms with Crippen LogP contribution in [0.4, 0.5) is 5.69 Å². The molecule has 0 aliphatic carbocycles. The van der Waals surface area contributed by atoms with Crippen LogP contribution in [0.3, 0.4) is 0 Å². The first-order valence-corrected chi connectivity index (χ1v) is 9.13. The first kappa shape index (κ1) is 17.0. The van der Waals surface area contributed by atoms with Crippen LogP contribution in [0.2, 0.25) is 10.0 Å². The van der Waals surface area contributed by atoms with Gasteiger partial charge in [0.25, 0.3) is 0 Å². The van der Waals surface area contributed by atoms with E-state index < -0.39 is 0 Å². The molecule has 1 aromatic heterocycles. The third kappa shape index (κ3) is 3.55. The Bertz CT molecular complexity index is 1040. The predicted molar refractivity (Wildman–Crippen MR) is 109 cm³/mol. The average molecular weight is 382 g/mol. The Morgan fingerprint density at radius 3 is 2.50 bits per heavy atom. The third-order valence-electron chi connectivity index (χ3n) is 4.28. The van der Waals surface area contributed by atoms with Gasteiger partial charge in [-0.15, -0.1) is 0 Å². The molecule has 3 nitrogen and oxygen atoms in total. The van der Waals surface area contributed by atoms with Crippen LogP contribution in [-0.2, 0) is 13.1 Å². The van der Waals surface area contributed by atoms with Crippen molar-refractivity contribution >= 4 is 39.9 Å². The van der Waals surface area contributed by atoms with Gasteiger partial charge in [0.05, 0.1) is 28.3 Å². The summed E-state index contributed by atoms with van der Waals surface area (Å²) < 4.78 is 2.23. The third-order valence-corrected chi connectivity index (χ3v) is 4.85. The molecule has 0 radical (unpaired) electrons. The summed E-state index contributed by atoms with van der Waals surface area (Å²) in [6.45, 7) is 1.32. The topological polar surface area (TPSA) is 29.9 Å². The molecule has 0 saturated heterocycles. The lowest BCUT2D eigenvalue weighted by Gasteiger charge is -2.12. The number of rotatable bonds is 5. The van der Waals surface area contributed by atoms with Gasteiger partial charge in [0.15, 0.2) is 0 Å². The number of nitrogens with zero attached hydrogens (tertiary/aromatic N) is 2. The van der Waals surface area contributed by atoms with Gasteiger partial charge in [-0.1, -0.05) is 65.7 Å². The summed E-state index contributed by atoms with van der Waals surface area (Å²) >= 11 is 12.3. The highest BCUT2D eigenvalue weighted by Gasteiger charge is 2.11. The smallest absolute Gasteiger partial charge is 0.129 e. The molecule has 4 aromatic rings. The zero-order valence-corrected chi connectivity index (χ0v) is 15.5. The minimum Gasteiger partial charge on any atom is -0.377 e. The lowest BCUT2D eigenvalue weighted by atomic mass is 10.2. The number of imidazole rings is 1. The maximum absolute atomic E-state index is 6.26. The van der Waals surface area contributed by atoms with Crippen LogP contribution >= 0.6 is 23.2 Å². The Morgan fingerprint density at radius 2 is 1.65 bits per heavy atom. The van der Waals surface area contributed by atoms with Gasteiger partial charge in [-0.2, -0.15) is 0 Å². The molecule has 0 atom stereocenters.